The Balaban J connectivity index is 3.02. The Bertz CT molecular complexity index is 271. The number of nitrogens with two attached hydrogens (primary N) is 1. The number of nitrogens with zero attached hydrogens (tertiary/aromatic N) is 2. The van der Waals surface area contributed by atoms with Crippen LogP contribution in [0, 0.1) is 0 Å². The molecule has 0 atom stereocenters. The molecule has 0 saturated carbocycles. The lowest BCUT2D eigenvalue weighted by Crippen LogP contribution is -2.14. The van der Waals surface area contributed by atoms with Gasteiger partial charge in [-0.2, -0.15) is 5.10 Å². The quantitative estimate of drug-likeness (QED) is 0.377. The highest BCUT2D eigenvalue weighted by Gasteiger charge is 1.88. The molecule has 0 bridgehead atoms. The fourth-order valence-electron chi connectivity index (χ4n) is 0.679. The third-order valence-corrected chi connectivity index (χ3v) is 1.90. The molecule has 0 fully saturated rings. The molecule has 1 aromatic heterocycles. The van der Waals surface area contributed by atoms with E-state index in [1.807, 2.05) is 16.1 Å². The average molecular weight is 155 g/mol. The number of aromatic nitrogens is 1. The zero-order chi connectivity index (χ0) is 7.40. The summed E-state index contributed by atoms with van der Waals surface area (Å²) >= 11 is 1.51. The van der Waals surface area contributed by atoms with Crippen LogP contribution in [0.2, 0.25) is 0 Å². The van der Waals surface area contributed by atoms with Gasteiger partial charge in [0, 0.05) is 18.1 Å². The third kappa shape index (κ3) is 1.27. The molecule has 0 unspecified atom stereocenters. The van der Waals surface area contributed by atoms with E-state index in [4.69, 9.17) is 5.84 Å². The van der Waals surface area contributed by atoms with Crippen LogP contribution in [0.4, 0.5) is 0 Å². The highest BCUT2D eigenvalue weighted by atomic mass is 32.1. The molecule has 1 aromatic rings. The molecular weight excluding hydrogens is 146 g/mol. The minimum Gasteiger partial charge on any atom is -0.320 e. The summed E-state index contributed by atoms with van der Waals surface area (Å²) in [6.07, 6.45) is 3.74. The van der Waals surface area contributed by atoms with Gasteiger partial charge in [-0.25, -0.2) is 0 Å². The summed E-state index contributed by atoms with van der Waals surface area (Å²) in [6, 6.07) is 0. The molecule has 0 radical (unpaired) electrons. The van der Waals surface area contributed by atoms with E-state index in [9.17, 15) is 0 Å². The van der Waals surface area contributed by atoms with Gasteiger partial charge in [-0.15, -0.1) is 17.9 Å². The standard InChI is InChI=1S/C6H9N3S/c1-2-3-9-4-5-10-6(9)8-7/h2,4-5H,1,3,7H2/b8-6-. The van der Waals surface area contributed by atoms with E-state index in [1.54, 1.807) is 6.08 Å². The van der Waals surface area contributed by atoms with E-state index in [0.717, 1.165) is 11.3 Å². The third-order valence-electron chi connectivity index (χ3n) is 1.10. The fraction of sp³-hybridized carbons (Fsp3) is 0.167. The molecule has 3 nitrogen and oxygen atoms in total. The second kappa shape index (κ2) is 3.22. The SMILES string of the molecule is C=CCn1ccs/c1=N\N. The molecule has 10 heavy (non-hydrogen) atoms. The Morgan fingerprint density at radius 1 is 1.90 bits per heavy atom. The maximum Gasteiger partial charge on any atom is 0.207 e. The summed E-state index contributed by atoms with van der Waals surface area (Å²) < 4.78 is 1.93. The smallest absolute Gasteiger partial charge is 0.207 e. The van der Waals surface area contributed by atoms with Gasteiger partial charge in [0.2, 0.25) is 4.80 Å². The summed E-state index contributed by atoms with van der Waals surface area (Å²) in [5, 5.41) is 5.52. The summed E-state index contributed by atoms with van der Waals surface area (Å²) in [7, 11) is 0. The van der Waals surface area contributed by atoms with Gasteiger partial charge in [0.05, 0.1) is 0 Å². The predicted molar refractivity (Wildman–Crippen MR) is 42.3 cm³/mol. The van der Waals surface area contributed by atoms with Crippen molar-refractivity contribution in [3.05, 3.63) is 29.0 Å². The maximum absolute atomic E-state index is 5.11. The van der Waals surface area contributed by atoms with E-state index < -0.39 is 0 Å². The Morgan fingerprint density at radius 3 is 3.30 bits per heavy atom. The summed E-state index contributed by atoms with van der Waals surface area (Å²) in [6.45, 7) is 4.38. The molecule has 54 valence electrons. The molecule has 4 heteroatoms. The van der Waals surface area contributed by atoms with Crippen molar-refractivity contribution >= 4 is 11.3 Å². The van der Waals surface area contributed by atoms with Crippen molar-refractivity contribution in [3.8, 4) is 0 Å². The average Bonchev–Trinajstić information content (AvgIpc) is 2.36. The van der Waals surface area contributed by atoms with Gasteiger partial charge < -0.3 is 10.4 Å². The molecule has 0 aliphatic heterocycles. The van der Waals surface area contributed by atoms with Crippen molar-refractivity contribution in [2.24, 2.45) is 10.9 Å². The number of allylic oxidation sites excluding steroid dienone is 1. The Labute approximate surface area is 63.1 Å². The first-order valence-corrected chi connectivity index (χ1v) is 3.75. The van der Waals surface area contributed by atoms with Gasteiger partial charge in [-0.05, 0) is 0 Å². The Hall–Kier alpha value is -1.03. The minimum atomic E-state index is 0.763. The zero-order valence-electron chi connectivity index (χ0n) is 5.53. The van der Waals surface area contributed by atoms with Crippen LogP contribution in [0.3, 0.4) is 0 Å². The summed E-state index contributed by atoms with van der Waals surface area (Å²) in [5.74, 6) is 5.11. The first-order valence-electron chi connectivity index (χ1n) is 2.87. The van der Waals surface area contributed by atoms with Crippen molar-refractivity contribution < 1.29 is 0 Å². The number of hydrogen-bond acceptors (Lipinski definition) is 3. The highest BCUT2D eigenvalue weighted by Crippen LogP contribution is 1.88. The Morgan fingerprint density at radius 2 is 2.70 bits per heavy atom. The van der Waals surface area contributed by atoms with Crippen LogP contribution in [-0.4, -0.2) is 4.57 Å². The lowest BCUT2D eigenvalue weighted by molar-refractivity contribution is 0.780. The van der Waals surface area contributed by atoms with Gasteiger partial charge in [-0.3, -0.25) is 0 Å². The van der Waals surface area contributed by atoms with Gasteiger partial charge in [-0.1, -0.05) is 6.08 Å². The normalized spacial score (nSPS) is 11.8. The van der Waals surface area contributed by atoms with Gasteiger partial charge >= 0.3 is 0 Å². The fourth-order valence-corrected chi connectivity index (χ4v) is 1.34. The van der Waals surface area contributed by atoms with Gasteiger partial charge in [0.25, 0.3) is 0 Å². The molecule has 0 saturated heterocycles. The molecule has 1 rings (SSSR count). The van der Waals surface area contributed by atoms with Gasteiger partial charge in [0.15, 0.2) is 0 Å². The predicted octanol–water partition coefficient (Wildman–Crippen LogP) is 0.510. The van der Waals surface area contributed by atoms with Crippen molar-refractivity contribution in [1.82, 2.24) is 4.57 Å². The molecule has 0 amide bonds. The molecule has 0 aliphatic carbocycles. The van der Waals surface area contributed by atoms with Crippen LogP contribution in [0.5, 0.6) is 0 Å². The van der Waals surface area contributed by atoms with Crippen molar-refractivity contribution in [2.75, 3.05) is 0 Å². The van der Waals surface area contributed by atoms with Crippen molar-refractivity contribution in [3.63, 3.8) is 0 Å². The topological polar surface area (TPSA) is 43.3 Å². The second-order valence-corrected chi connectivity index (χ2v) is 2.63. The lowest BCUT2D eigenvalue weighted by Gasteiger charge is -1.92. The van der Waals surface area contributed by atoms with Crippen molar-refractivity contribution in [1.29, 1.82) is 0 Å². The highest BCUT2D eigenvalue weighted by molar-refractivity contribution is 7.07. The van der Waals surface area contributed by atoms with Crippen LogP contribution in [0.1, 0.15) is 0 Å². The van der Waals surface area contributed by atoms with Gasteiger partial charge in [0.1, 0.15) is 0 Å². The molecule has 1 heterocycles. The van der Waals surface area contributed by atoms with E-state index in [1.165, 1.54) is 11.3 Å². The Kier molecular flexibility index (Phi) is 2.28. The second-order valence-electron chi connectivity index (χ2n) is 1.76. The first-order chi connectivity index (χ1) is 4.88. The number of thiazole rings is 1. The maximum atomic E-state index is 5.11. The summed E-state index contributed by atoms with van der Waals surface area (Å²) in [4.78, 5) is 0.819. The van der Waals surface area contributed by atoms with Crippen LogP contribution in [0.15, 0.2) is 29.3 Å². The molecule has 2 N–H and O–H groups in total. The van der Waals surface area contributed by atoms with Crippen LogP contribution < -0.4 is 10.6 Å². The van der Waals surface area contributed by atoms with Crippen LogP contribution >= 0.6 is 11.3 Å². The zero-order valence-corrected chi connectivity index (χ0v) is 6.34. The van der Waals surface area contributed by atoms with Crippen molar-refractivity contribution in [2.45, 2.75) is 6.54 Å². The van der Waals surface area contributed by atoms with E-state index in [0.29, 0.717) is 0 Å². The largest absolute Gasteiger partial charge is 0.320 e. The monoisotopic (exact) mass is 155 g/mol. The van der Waals surface area contributed by atoms with E-state index in [-0.39, 0.29) is 0 Å². The number of hydrogen-bond donors (Lipinski definition) is 1. The minimum absolute atomic E-state index is 0.763. The first kappa shape index (κ1) is 7.08. The van der Waals surface area contributed by atoms with Crippen LogP contribution in [0.25, 0.3) is 0 Å². The van der Waals surface area contributed by atoms with E-state index >= 15 is 0 Å². The summed E-state index contributed by atoms with van der Waals surface area (Å²) in [5.41, 5.74) is 0. The molecular formula is C6H9N3S. The van der Waals surface area contributed by atoms with E-state index in [2.05, 4.69) is 11.7 Å². The molecule has 0 aromatic carbocycles. The molecule has 0 spiro atoms. The lowest BCUT2D eigenvalue weighted by atomic mass is 10.6. The molecule has 0 aliphatic rings. The number of rotatable bonds is 2. The van der Waals surface area contributed by atoms with Crippen LogP contribution in [-0.2, 0) is 6.54 Å².